The molecule has 0 radical (unpaired) electrons. The Labute approximate surface area is 119 Å². The second kappa shape index (κ2) is 5.60. The summed E-state index contributed by atoms with van der Waals surface area (Å²) in [5, 5.41) is 9.00. The zero-order valence-corrected chi connectivity index (χ0v) is 12.4. The molecule has 5 nitrogen and oxygen atoms in total. The molecule has 1 unspecified atom stereocenters. The highest BCUT2D eigenvalue weighted by molar-refractivity contribution is 9.10. The van der Waals surface area contributed by atoms with Crippen LogP contribution in [0.1, 0.15) is 16.8 Å². The minimum Gasteiger partial charge on any atom is -0.478 e. The molecule has 0 aromatic heterocycles. The molecule has 0 saturated carbocycles. The molecule has 1 saturated heterocycles. The summed E-state index contributed by atoms with van der Waals surface area (Å²) in [5.41, 5.74) is -0.0521. The molecule has 7 heteroatoms. The third-order valence-electron chi connectivity index (χ3n) is 3.01. The maximum absolute atomic E-state index is 12.2. The normalized spacial score (nSPS) is 19.5. The molecular formula is C12H13BrO5S. The highest BCUT2D eigenvalue weighted by Crippen LogP contribution is 2.24. The summed E-state index contributed by atoms with van der Waals surface area (Å²) in [7, 11) is -3.48. The van der Waals surface area contributed by atoms with Gasteiger partial charge in [-0.25, -0.2) is 13.2 Å². The van der Waals surface area contributed by atoms with Crippen molar-refractivity contribution in [3.8, 4) is 0 Å². The number of rotatable bonds is 4. The molecule has 1 aliphatic heterocycles. The topological polar surface area (TPSA) is 80.7 Å². The zero-order chi connectivity index (χ0) is 14.0. The zero-order valence-electron chi connectivity index (χ0n) is 10.0. The number of carboxylic acids is 1. The molecule has 0 aliphatic carbocycles. The molecule has 1 N–H and O–H groups in total. The fourth-order valence-electron chi connectivity index (χ4n) is 1.98. The average Bonchev–Trinajstić information content (AvgIpc) is 2.80. The third kappa shape index (κ3) is 3.34. The van der Waals surface area contributed by atoms with Crippen molar-refractivity contribution in [3.05, 3.63) is 28.2 Å². The Morgan fingerprint density at radius 1 is 1.47 bits per heavy atom. The Morgan fingerprint density at radius 3 is 2.79 bits per heavy atom. The summed E-state index contributed by atoms with van der Waals surface area (Å²) in [6.45, 7) is 1.03. The van der Waals surface area contributed by atoms with Crippen molar-refractivity contribution in [2.24, 2.45) is 5.92 Å². The predicted octanol–water partition coefficient (Wildman–Crippen LogP) is 1.96. The van der Waals surface area contributed by atoms with Gasteiger partial charge in [0.05, 0.1) is 22.8 Å². The number of ether oxygens (including phenoxy) is 1. The second-order valence-electron chi connectivity index (χ2n) is 4.46. The summed E-state index contributed by atoms with van der Waals surface area (Å²) in [4.78, 5) is 11.0. The Morgan fingerprint density at radius 2 is 2.21 bits per heavy atom. The molecule has 0 amide bonds. The van der Waals surface area contributed by atoms with Crippen molar-refractivity contribution < 1.29 is 23.1 Å². The molecule has 2 rings (SSSR count). The molecule has 1 aliphatic rings. The standard InChI is InChI=1S/C12H13BrO5S/c13-11-2-1-9(5-10(11)12(14)15)19(16,17)7-8-3-4-18-6-8/h1-2,5,8H,3-4,6-7H2,(H,14,15). The van der Waals surface area contributed by atoms with Crippen molar-refractivity contribution in [1.29, 1.82) is 0 Å². The lowest BCUT2D eigenvalue weighted by Gasteiger charge is -2.10. The summed E-state index contributed by atoms with van der Waals surface area (Å²) >= 11 is 3.09. The molecule has 0 bridgehead atoms. The lowest BCUT2D eigenvalue weighted by molar-refractivity contribution is 0.0695. The van der Waals surface area contributed by atoms with Crippen LogP contribution in [-0.2, 0) is 14.6 Å². The number of sulfone groups is 1. The Kier molecular flexibility index (Phi) is 4.27. The van der Waals surface area contributed by atoms with E-state index < -0.39 is 15.8 Å². The van der Waals surface area contributed by atoms with Crippen molar-refractivity contribution in [1.82, 2.24) is 0 Å². The number of hydrogen-bond donors (Lipinski definition) is 1. The third-order valence-corrected chi connectivity index (χ3v) is 5.58. The van der Waals surface area contributed by atoms with Gasteiger partial charge in [-0.3, -0.25) is 0 Å². The molecule has 1 aromatic rings. The van der Waals surface area contributed by atoms with Crippen LogP contribution in [0.4, 0.5) is 0 Å². The van der Waals surface area contributed by atoms with Gasteiger partial charge in [-0.2, -0.15) is 0 Å². The van der Waals surface area contributed by atoms with Crippen LogP contribution in [-0.4, -0.2) is 38.5 Å². The van der Waals surface area contributed by atoms with Crippen LogP contribution in [0.5, 0.6) is 0 Å². The number of carboxylic acid groups (broad SMARTS) is 1. The minimum atomic E-state index is -3.48. The van der Waals surface area contributed by atoms with Crippen LogP contribution in [0.25, 0.3) is 0 Å². The van der Waals surface area contributed by atoms with Gasteiger partial charge in [0, 0.05) is 11.1 Å². The van der Waals surface area contributed by atoms with E-state index in [0.29, 0.717) is 17.7 Å². The summed E-state index contributed by atoms with van der Waals surface area (Å²) < 4.78 is 29.9. The highest BCUT2D eigenvalue weighted by atomic mass is 79.9. The number of benzene rings is 1. The summed E-state index contributed by atoms with van der Waals surface area (Å²) in [6.07, 6.45) is 0.724. The monoisotopic (exact) mass is 348 g/mol. The SMILES string of the molecule is O=C(O)c1cc(S(=O)(=O)CC2CCOC2)ccc1Br. The van der Waals surface area contributed by atoms with Gasteiger partial charge in [-0.15, -0.1) is 0 Å². The van der Waals surface area contributed by atoms with E-state index in [1.807, 2.05) is 0 Å². The largest absolute Gasteiger partial charge is 0.478 e. The van der Waals surface area contributed by atoms with Gasteiger partial charge in [-0.1, -0.05) is 0 Å². The van der Waals surface area contributed by atoms with Crippen LogP contribution in [0, 0.1) is 5.92 Å². The Hall–Kier alpha value is -0.920. The van der Waals surface area contributed by atoms with Gasteiger partial charge >= 0.3 is 5.97 Å². The number of carbonyl (C=O) groups is 1. The van der Waals surface area contributed by atoms with Crippen molar-refractivity contribution in [3.63, 3.8) is 0 Å². The molecular weight excluding hydrogens is 336 g/mol. The predicted molar refractivity (Wildman–Crippen MR) is 72.1 cm³/mol. The fourth-order valence-corrected chi connectivity index (χ4v) is 4.05. The summed E-state index contributed by atoms with van der Waals surface area (Å²) in [6, 6.07) is 4.06. The lowest BCUT2D eigenvalue weighted by atomic mass is 10.2. The van der Waals surface area contributed by atoms with Crippen molar-refractivity contribution >= 4 is 31.7 Å². The number of halogens is 1. The lowest BCUT2D eigenvalue weighted by Crippen LogP contribution is -2.17. The fraction of sp³-hybridized carbons (Fsp3) is 0.417. The van der Waals surface area contributed by atoms with E-state index in [4.69, 9.17) is 9.84 Å². The minimum absolute atomic E-state index is 0.00626. The van der Waals surface area contributed by atoms with Crippen LogP contribution in [0.15, 0.2) is 27.6 Å². The smallest absolute Gasteiger partial charge is 0.336 e. The molecule has 1 aromatic carbocycles. The Balaban J connectivity index is 2.29. The van der Waals surface area contributed by atoms with Gasteiger partial charge in [0.1, 0.15) is 0 Å². The maximum Gasteiger partial charge on any atom is 0.336 e. The average molecular weight is 349 g/mol. The number of hydrogen-bond acceptors (Lipinski definition) is 4. The van der Waals surface area contributed by atoms with Gasteiger partial charge in [-0.05, 0) is 46.5 Å². The second-order valence-corrected chi connectivity index (χ2v) is 7.35. The van der Waals surface area contributed by atoms with E-state index in [2.05, 4.69) is 15.9 Å². The van der Waals surface area contributed by atoms with Gasteiger partial charge < -0.3 is 9.84 Å². The molecule has 1 fully saturated rings. The van der Waals surface area contributed by atoms with Gasteiger partial charge in [0.25, 0.3) is 0 Å². The first-order chi connectivity index (χ1) is 8.90. The quantitative estimate of drug-likeness (QED) is 0.899. The van der Waals surface area contributed by atoms with Crippen LogP contribution in [0.3, 0.4) is 0 Å². The van der Waals surface area contributed by atoms with E-state index >= 15 is 0 Å². The van der Waals surface area contributed by atoms with Gasteiger partial charge in [0.2, 0.25) is 0 Å². The molecule has 1 atom stereocenters. The van der Waals surface area contributed by atoms with E-state index in [0.717, 1.165) is 6.42 Å². The Bertz CT molecular complexity index is 590. The first-order valence-electron chi connectivity index (χ1n) is 5.73. The van der Waals surface area contributed by atoms with Gasteiger partial charge in [0.15, 0.2) is 9.84 Å². The highest BCUT2D eigenvalue weighted by Gasteiger charge is 2.25. The maximum atomic E-state index is 12.2. The van der Waals surface area contributed by atoms with E-state index in [1.165, 1.54) is 18.2 Å². The molecule has 19 heavy (non-hydrogen) atoms. The van der Waals surface area contributed by atoms with Crippen LogP contribution < -0.4 is 0 Å². The van der Waals surface area contributed by atoms with Crippen LogP contribution >= 0.6 is 15.9 Å². The van der Waals surface area contributed by atoms with Crippen molar-refractivity contribution in [2.75, 3.05) is 19.0 Å². The molecule has 1 heterocycles. The first-order valence-corrected chi connectivity index (χ1v) is 8.18. The summed E-state index contributed by atoms with van der Waals surface area (Å²) in [5.74, 6) is -1.18. The van der Waals surface area contributed by atoms with Crippen LogP contribution in [0.2, 0.25) is 0 Å². The molecule has 0 spiro atoms. The van der Waals surface area contributed by atoms with E-state index in [9.17, 15) is 13.2 Å². The van der Waals surface area contributed by atoms with Crippen molar-refractivity contribution in [2.45, 2.75) is 11.3 Å². The first kappa shape index (κ1) is 14.5. The molecule has 104 valence electrons. The van der Waals surface area contributed by atoms with E-state index in [-0.39, 0.29) is 22.1 Å². The van der Waals surface area contributed by atoms with E-state index in [1.54, 1.807) is 0 Å². The number of aromatic carboxylic acids is 1.